The lowest BCUT2D eigenvalue weighted by Crippen LogP contribution is -2.19. The summed E-state index contributed by atoms with van der Waals surface area (Å²) in [7, 11) is -4.54. The third-order valence-electron chi connectivity index (χ3n) is 2.27. The lowest BCUT2D eigenvalue weighted by atomic mass is 10.2. The van der Waals surface area contributed by atoms with Gasteiger partial charge in [-0.1, -0.05) is 0 Å². The first-order valence-electron chi connectivity index (χ1n) is 5.20. The summed E-state index contributed by atoms with van der Waals surface area (Å²) >= 11 is 0. The average Bonchev–Trinajstić information content (AvgIpc) is 2.38. The van der Waals surface area contributed by atoms with Crippen LogP contribution in [0, 0.1) is 11.6 Å². The van der Waals surface area contributed by atoms with Gasteiger partial charge in [0.15, 0.2) is 5.82 Å². The second-order valence-electron chi connectivity index (χ2n) is 3.61. The highest BCUT2D eigenvalue weighted by atomic mass is 32.2. The molecule has 0 saturated heterocycles. The molecule has 0 bridgehead atoms. The third-order valence-corrected chi connectivity index (χ3v) is 3.61. The van der Waals surface area contributed by atoms with Crippen molar-refractivity contribution in [2.75, 3.05) is 4.72 Å². The number of nitrogens with zero attached hydrogens (tertiary/aromatic N) is 3. The molecule has 2 N–H and O–H groups in total. The minimum Gasteiger partial charge on any atom is -0.477 e. The van der Waals surface area contributed by atoms with Crippen LogP contribution in [0.2, 0.25) is 0 Å². The number of nitrogens with one attached hydrogen (secondary N) is 1. The fourth-order valence-corrected chi connectivity index (χ4v) is 2.44. The number of halogens is 2. The number of carboxylic acid groups (broad SMARTS) is 1. The molecule has 0 aliphatic heterocycles. The summed E-state index contributed by atoms with van der Waals surface area (Å²) in [5.41, 5.74) is -1.37. The van der Waals surface area contributed by atoms with Gasteiger partial charge in [0.05, 0.1) is 12.4 Å². The Bertz CT molecular complexity index is 798. The molecule has 2 rings (SSSR count). The van der Waals surface area contributed by atoms with Crippen molar-refractivity contribution in [2.45, 2.75) is 4.90 Å². The number of carbonyl (C=O) groups is 1. The van der Waals surface area contributed by atoms with Crippen LogP contribution in [0.5, 0.6) is 0 Å². The molecule has 0 fully saturated rings. The van der Waals surface area contributed by atoms with Crippen LogP contribution in [0.25, 0.3) is 0 Å². The zero-order valence-corrected chi connectivity index (χ0v) is 10.8. The van der Waals surface area contributed by atoms with E-state index < -0.39 is 44.0 Å². The van der Waals surface area contributed by atoms with Crippen LogP contribution in [0.1, 0.15) is 10.4 Å². The number of benzene rings is 1. The minimum absolute atomic E-state index is 0.446. The number of hydrogen-bond donors (Lipinski definition) is 2. The van der Waals surface area contributed by atoms with E-state index in [1.165, 1.54) is 6.20 Å². The highest BCUT2D eigenvalue weighted by Gasteiger charge is 2.27. The maximum atomic E-state index is 13.9. The Hall–Kier alpha value is -2.69. The Balaban J connectivity index is 2.51. The van der Waals surface area contributed by atoms with Gasteiger partial charge in [-0.2, -0.15) is 5.10 Å². The van der Waals surface area contributed by atoms with Crippen LogP contribution in [0.15, 0.2) is 29.4 Å². The molecule has 0 atom stereocenters. The average molecular weight is 316 g/mol. The van der Waals surface area contributed by atoms with Gasteiger partial charge in [0.2, 0.25) is 0 Å². The molecule has 0 unspecified atom stereocenters. The Labute approximate surface area is 116 Å². The summed E-state index contributed by atoms with van der Waals surface area (Å²) in [6.45, 7) is 0. The summed E-state index contributed by atoms with van der Waals surface area (Å²) in [5, 5.41) is 15.4. The molecule has 0 spiro atoms. The van der Waals surface area contributed by atoms with Crippen molar-refractivity contribution in [1.29, 1.82) is 0 Å². The standard InChI is InChI=1S/C10H6F2N4O4S/c11-5-1-2-6(8(12)7(5)9(17)18)21(19,20)16-10-13-3-4-14-15-10/h1-4H,(H,17,18)(H,13,15,16). The predicted octanol–water partition coefficient (Wildman–Crippen LogP) is 0.649. The molecule has 1 aromatic heterocycles. The van der Waals surface area contributed by atoms with Gasteiger partial charge in [-0.15, -0.1) is 5.10 Å². The van der Waals surface area contributed by atoms with Crippen LogP contribution in [-0.2, 0) is 10.0 Å². The summed E-state index contributed by atoms with van der Waals surface area (Å²) in [4.78, 5) is 13.2. The number of rotatable bonds is 4. The molecule has 0 aliphatic rings. The van der Waals surface area contributed by atoms with Gasteiger partial charge in [0, 0.05) is 0 Å². The first kappa shape index (κ1) is 14.7. The summed E-state index contributed by atoms with van der Waals surface area (Å²) in [5.74, 6) is -5.49. The molecule has 110 valence electrons. The first-order valence-corrected chi connectivity index (χ1v) is 6.69. The Morgan fingerprint density at radius 1 is 1.24 bits per heavy atom. The smallest absolute Gasteiger partial charge is 0.341 e. The maximum Gasteiger partial charge on any atom is 0.341 e. The maximum absolute atomic E-state index is 13.9. The Morgan fingerprint density at radius 2 is 1.95 bits per heavy atom. The van der Waals surface area contributed by atoms with Gasteiger partial charge in [-0.05, 0) is 12.1 Å². The van der Waals surface area contributed by atoms with E-state index in [1.807, 2.05) is 0 Å². The molecule has 21 heavy (non-hydrogen) atoms. The van der Waals surface area contributed by atoms with E-state index >= 15 is 0 Å². The van der Waals surface area contributed by atoms with Crippen molar-refractivity contribution in [1.82, 2.24) is 15.2 Å². The van der Waals surface area contributed by atoms with Gasteiger partial charge in [0.25, 0.3) is 16.0 Å². The summed E-state index contributed by atoms with van der Waals surface area (Å²) < 4.78 is 52.8. The molecule has 1 heterocycles. The van der Waals surface area contributed by atoms with Crippen molar-refractivity contribution in [3.8, 4) is 0 Å². The second-order valence-corrected chi connectivity index (χ2v) is 5.26. The molecule has 1 aromatic carbocycles. The number of aromatic carboxylic acids is 1. The lowest BCUT2D eigenvalue weighted by Gasteiger charge is -2.08. The third kappa shape index (κ3) is 2.91. The molecule has 0 saturated carbocycles. The highest BCUT2D eigenvalue weighted by Crippen LogP contribution is 2.22. The number of sulfonamides is 1. The van der Waals surface area contributed by atoms with E-state index in [0.29, 0.717) is 12.1 Å². The number of anilines is 1. The molecule has 0 amide bonds. The molecule has 0 aliphatic carbocycles. The zero-order chi connectivity index (χ0) is 15.6. The fraction of sp³-hybridized carbons (Fsp3) is 0. The highest BCUT2D eigenvalue weighted by molar-refractivity contribution is 7.92. The van der Waals surface area contributed by atoms with E-state index in [2.05, 4.69) is 15.2 Å². The van der Waals surface area contributed by atoms with Crippen LogP contribution >= 0.6 is 0 Å². The SMILES string of the molecule is O=C(O)c1c(F)ccc(S(=O)(=O)Nc2nccnn2)c1F. The monoisotopic (exact) mass is 316 g/mol. The zero-order valence-electron chi connectivity index (χ0n) is 9.99. The van der Waals surface area contributed by atoms with Crippen molar-refractivity contribution in [3.63, 3.8) is 0 Å². The number of aromatic nitrogens is 3. The molecule has 8 nitrogen and oxygen atoms in total. The van der Waals surface area contributed by atoms with Gasteiger partial charge in [-0.3, -0.25) is 0 Å². The summed E-state index contributed by atoms with van der Waals surface area (Å²) in [6, 6.07) is 1.13. The fourth-order valence-electron chi connectivity index (χ4n) is 1.41. The molecule has 0 radical (unpaired) electrons. The van der Waals surface area contributed by atoms with E-state index in [-0.39, 0.29) is 0 Å². The first-order chi connectivity index (χ1) is 9.83. The summed E-state index contributed by atoms with van der Waals surface area (Å²) in [6.07, 6.45) is 2.31. The Kier molecular flexibility index (Phi) is 3.76. The van der Waals surface area contributed by atoms with Crippen LogP contribution in [0.4, 0.5) is 14.7 Å². The molecule has 11 heteroatoms. The largest absolute Gasteiger partial charge is 0.477 e. The topological polar surface area (TPSA) is 122 Å². The second kappa shape index (κ2) is 5.36. The predicted molar refractivity (Wildman–Crippen MR) is 64.0 cm³/mol. The lowest BCUT2D eigenvalue weighted by molar-refractivity contribution is 0.0685. The van der Waals surface area contributed by atoms with Gasteiger partial charge in [-0.25, -0.2) is 31.7 Å². The minimum atomic E-state index is -4.54. The van der Waals surface area contributed by atoms with Crippen LogP contribution < -0.4 is 4.72 Å². The van der Waals surface area contributed by atoms with Gasteiger partial charge >= 0.3 is 5.97 Å². The van der Waals surface area contributed by atoms with Crippen LogP contribution in [0.3, 0.4) is 0 Å². The Morgan fingerprint density at radius 3 is 2.52 bits per heavy atom. The van der Waals surface area contributed by atoms with E-state index in [1.54, 1.807) is 4.72 Å². The van der Waals surface area contributed by atoms with E-state index in [9.17, 15) is 22.0 Å². The van der Waals surface area contributed by atoms with Crippen LogP contribution in [-0.4, -0.2) is 34.7 Å². The quantitative estimate of drug-likeness (QED) is 0.849. The number of carboxylic acids is 1. The van der Waals surface area contributed by atoms with E-state index in [0.717, 1.165) is 6.20 Å². The molecular weight excluding hydrogens is 310 g/mol. The van der Waals surface area contributed by atoms with Crippen molar-refractivity contribution in [3.05, 3.63) is 41.7 Å². The molecular formula is C10H6F2N4O4S. The van der Waals surface area contributed by atoms with Crippen molar-refractivity contribution in [2.24, 2.45) is 0 Å². The van der Waals surface area contributed by atoms with Gasteiger partial charge in [0.1, 0.15) is 16.3 Å². The number of hydrogen-bond acceptors (Lipinski definition) is 6. The van der Waals surface area contributed by atoms with Gasteiger partial charge < -0.3 is 5.11 Å². The van der Waals surface area contributed by atoms with E-state index in [4.69, 9.17) is 5.11 Å². The normalized spacial score (nSPS) is 11.1. The molecule has 2 aromatic rings. The van der Waals surface area contributed by atoms with Crippen molar-refractivity contribution >= 4 is 21.9 Å². The van der Waals surface area contributed by atoms with Crippen molar-refractivity contribution < 1.29 is 27.1 Å².